The quantitative estimate of drug-likeness (QED) is 0.599. The Balaban J connectivity index is 2.09. The molecule has 1 rings (SSSR count). The molecule has 0 spiro atoms. The molecule has 0 amide bonds. The van der Waals surface area contributed by atoms with Gasteiger partial charge in [-0.3, -0.25) is 0 Å². The second-order valence-corrected chi connectivity index (χ2v) is 3.75. The number of hydrogen-bond donors (Lipinski definition) is 1. The lowest BCUT2D eigenvalue weighted by atomic mass is 10.2. The highest BCUT2D eigenvalue weighted by atomic mass is 32.2. The Kier molecular flexibility index (Phi) is 3.71. The normalized spacial score (nSPS) is 20.3. The molecule has 1 saturated heterocycles. The molecular weight excluding hydrogens is 142 g/mol. The SMILES string of the molecule is C#CCSC1CCNCC1. The lowest BCUT2D eigenvalue weighted by molar-refractivity contribution is 0.532. The highest BCUT2D eigenvalue weighted by Crippen LogP contribution is 2.18. The molecule has 1 aliphatic rings. The van der Waals surface area contributed by atoms with Gasteiger partial charge in [-0.15, -0.1) is 18.2 Å². The van der Waals surface area contributed by atoms with E-state index in [1.165, 1.54) is 25.9 Å². The van der Waals surface area contributed by atoms with E-state index in [0.29, 0.717) is 0 Å². The Labute approximate surface area is 67.0 Å². The number of hydrogen-bond acceptors (Lipinski definition) is 2. The minimum absolute atomic E-state index is 0.817. The maximum atomic E-state index is 5.16. The molecule has 1 heterocycles. The van der Waals surface area contributed by atoms with Crippen molar-refractivity contribution in [3.63, 3.8) is 0 Å². The van der Waals surface area contributed by atoms with Gasteiger partial charge < -0.3 is 5.32 Å². The maximum Gasteiger partial charge on any atom is 0.0547 e. The molecule has 1 aliphatic heterocycles. The van der Waals surface area contributed by atoms with E-state index in [4.69, 9.17) is 6.42 Å². The van der Waals surface area contributed by atoms with E-state index in [-0.39, 0.29) is 0 Å². The largest absolute Gasteiger partial charge is 0.317 e. The first-order valence-electron chi connectivity index (χ1n) is 3.69. The van der Waals surface area contributed by atoms with E-state index >= 15 is 0 Å². The zero-order valence-electron chi connectivity index (χ0n) is 6.10. The van der Waals surface area contributed by atoms with Gasteiger partial charge in [0.15, 0.2) is 0 Å². The molecule has 0 aliphatic carbocycles. The fourth-order valence-corrected chi connectivity index (χ4v) is 2.03. The van der Waals surface area contributed by atoms with Crippen molar-refractivity contribution in [3.05, 3.63) is 0 Å². The van der Waals surface area contributed by atoms with E-state index < -0.39 is 0 Å². The van der Waals surface area contributed by atoms with Crippen molar-refractivity contribution in [1.82, 2.24) is 5.32 Å². The molecule has 2 heteroatoms. The van der Waals surface area contributed by atoms with Crippen LogP contribution in [-0.2, 0) is 0 Å². The second kappa shape index (κ2) is 4.65. The lowest BCUT2D eigenvalue weighted by Gasteiger charge is -2.20. The summed E-state index contributed by atoms with van der Waals surface area (Å²) >= 11 is 1.92. The van der Waals surface area contributed by atoms with Crippen LogP contribution in [0.1, 0.15) is 12.8 Å². The van der Waals surface area contributed by atoms with Gasteiger partial charge in [0.2, 0.25) is 0 Å². The van der Waals surface area contributed by atoms with Gasteiger partial charge >= 0.3 is 0 Å². The third-order valence-corrected chi connectivity index (χ3v) is 2.96. The summed E-state index contributed by atoms with van der Waals surface area (Å²) in [5.41, 5.74) is 0. The van der Waals surface area contributed by atoms with E-state index in [1.54, 1.807) is 0 Å². The Bertz CT molecular complexity index is 122. The molecule has 1 N–H and O–H groups in total. The average Bonchev–Trinajstić information content (AvgIpc) is 2.03. The summed E-state index contributed by atoms with van der Waals surface area (Å²) < 4.78 is 0. The van der Waals surface area contributed by atoms with Crippen LogP contribution in [0.4, 0.5) is 0 Å². The van der Waals surface area contributed by atoms with Crippen LogP contribution in [0.3, 0.4) is 0 Å². The molecule has 0 bridgehead atoms. The van der Waals surface area contributed by atoms with Gasteiger partial charge in [0.25, 0.3) is 0 Å². The lowest BCUT2D eigenvalue weighted by Crippen LogP contribution is -2.29. The van der Waals surface area contributed by atoms with Crippen molar-refractivity contribution < 1.29 is 0 Å². The van der Waals surface area contributed by atoms with E-state index in [2.05, 4.69) is 11.2 Å². The van der Waals surface area contributed by atoms with Crippen LogP contribution in [0, 0.1) is 12.3 Å². The number of piperidine rings is 1. The van der Waals surface area contributed by atoms with Crippen LogP contribution in [0.5, 0.6) is 0 Å². The van der Waals surface area contributed by atoms with Crippen LogP contribution in [-0.4, -0.2) is 24.1 Å². The third kappa shape index (κ3) is 2.64. The van der Waals surface area contributed by atoms with Gasteiger partial charge in [0.1, 0.15) is 0 Å². The molecule has 0 aromatic heterocycles. The van der Waals surface area contributed by atoms with Gasteiger partial charge in [-0.25, -0.2) is 0 Å². The van der Waals surface area contributed by atoms with Crippen molar-refractivity contribution in [2.24, 2.45) is 0 Å². The Morgan fingerprint density at radius 2 is 2.20 bits per heavy atom. The molecule has 0 aromatic rings. The standard InChI is InChI=1S/C8H13NS/c1-2-7-10-8-3-5-9-6-4-8/h1,8-9H,3-7H2. The van der Waals surface area contributed by atoms with E-state index in [9.17, 15) is 0 Å². The first kappa shape index (κ1) is 7.97. The number of thioether (sulfide) groups is 1. The molecule has 1 fully saturated rings. The summed E-state index contributed by atoms with van der Waals surface area (Å²) in [5, 5.41) is 4.14. The predicted molar refractivity (Wildman–Crippen MR) is 47.2 cm³/mol. The maximum absolute atomic E-state index is 5.16. The summed E-state index contributed by atoms with van der Waals surface area (Å²) in [6.45, 7) is 2.34. The number of rotatable bonds is 2. The fraction of sp³-hybridized carbons (Fsp3) is 0.750. The summed E-state index contributed by atoms with van der Waals surface area (Å²) in [6, 6.07) is 0. The molecule has 0 unspecified atom stereocenters. The van der Waals surface area contributed by atoms with Crippen LogP contribution in [0.25, 0.3) is 0 Å². The summed E-state index contributed by atoms with van der Waals surface area (Å²) in [5.74, 6) is 3.54. The predicted octanol–water partition coefficient (Wildman–Crippen LogP) is 1.10. The molecule has 0 saturated carbocycles. The van der Waals surface area contributed by atoms with Crippen molar-refractivity contribution in [1.29, 1.82) is 0 Å². The van der Waals surface area contributed by atoms with Crippen molar-refractivity contribution >= 4 is 11.8 Å². The van der Waals surface area contributed by atoms with Crippen LogP contribution in [0.15, 0.2) is 0 Å². The molecule has 10 heavy (non-hydrogen) atoms. The van der Waals surface area contributed by atoms with Gasteiger partial charge in [0, 0.05) is 5.25 Å². The summed E-state index contributed by atoms with van der Waals surface area (Å²) in [6.07, 6.45) is 7.73. The van der Waals surface area contributed by atoms with Gasteiger partial charge in [-0.1, -0.05) is 5.92 Å². The van der Waals surface area contributed by atoms with E-state index in [1.807, 2.05) is 11.8 Å². The van der Waals surface area contributed by atoms with Crippen LogP contribution >= 0.6 is 11.8 Å². The van der Waals surface area contributed by atoms with Gasteiger partial charge in [-0.05, 0) is 25.9 Å². The third-order valence-electron chi connectivity index (χ3n) is 1.69. The minimum Gasteiger partial charge on any atom is -0.317 e. The topological polar surface area (TPSA) is 12.0 Å². The highest BCUT2D eigenvalue weighted by molar-refractivity contribution is 8.00. The van der Waals surface area contributed by atoms with Gasteiger partial charge in [-0.2, -0.15) is 0 Å². The Hall–Kier alpha value is -0.130. The minimum atomic E-state index is 0.817. The zero-order valence-corrected chi connectivity index (χ0v) is 6.91. The van der Waals surface area contributed by atoms with Crippen LogP contribution < -0.4 is 5.32 Å². The van der Waals surface area contributed by atoms with Crippen molar-refractivity contribution in [2.45, 2.75) is 18.1 Å². The molecule has 1 nitrogen and oxygen atoms in total. The second-order valence-electron chi connectivity index (χ2n) is 2.46. The first-order valence-corrected chi connectivity index (χ1v) is 4.74. The van der Waals surface area contributed by atoms with Crippen LogP contribution in [0.2, 0.25) is 0 Å². The van der Waals surface area contributed by atoms with Crippen molar-refractivity contribution in [3.8, 4) is 12.3 Å². The first-order chi connectivity index (χ1) is 4.93. The number of terminal acetylenes is 1. The summed E-state index contributed by atoms with van der Waals surface area (Å²) in [7, 11) is 0. The molecule has 0 atom stereocenters. The van der Waals surface area contributed by atoms with Crippen molar-refractivity contribution in [2.75, 3.05) is 18.8 Å². The highest BCUT2D eigenvalue weighted by Gasteiger charge is 2.11. The monoisotopic (exact) mass is 155 g/mol. The Morgan fingerprint density at radius 3 is 2.80 bits per heavy atom. The molecule has 56 valence electrons. The zero-order chi connectivity index (χ0) is 7.23. The van der Waals surface area contributed by atoms with Gasteiger partial charge in [0.05, 0.1) is 5.75 Å². The average molecular weight is 155 g/mol. The summed E-state index contributed by atoms with van der Waals surface area (Å²) in [4.78, 5) is 0. The smallest absolute Gasteiger partial charge is 0.0547 e. The molecular formula is C8H13NS. The molecule has 0 radical (unpaired) electrons. The molecule has 0 aromatic carbocycles. The van der Waals surface area contributed by atoms with E-state index in [0.717, 1.165) is 11.0 Å². The Morgan fingerprint density at radius 1 is 1.50 bits per heavy atom. The fourth-order valence-electron chi connectivity index (χ4n) is 1.13. The number of nitrogens with one attached hydrogen (secondary N) is 1.